The van der Waals surface area contributed by atoms with Crippen molar-refractivity contribution in [3.8, 4) is 11.5 Å². The van der Waals surface area contributed by atoms with E-state index in [1.807, 2.05) is 19.1 Å². The summed E-state index contributed by atoms with van der Waals surface area (Å²) in [6, 6.07) is 12.5. The summed E-state index contributed by atoms with van der Waals surface area (Å²) in [7, 11) is 1.59. The number of methoxy groups -OCH3 is 1. The van der Waals surface area contributed by atoms with Gasteiger partial charge in [-0.25, -0.2) is 4.68 Å². The van der Waals surface area contributed by atoms with Gasteiger partial charge >= 0.3 is 0 Å². The third kappa shape index (κ3) is 4.15. The highest BCUT2D eigenvalue weighted by Crippen LogP contribution is 2.33. The van der Waals surface area contributed by atoms with Gasteiger partial charge in [-0.3, -0.25) is 9.59 Å². The molecule has 0 bridgehead atoms. The van der Waals surface area contributed by atoms with Gasteiger partial charge in [-0.15, -0.1) is 0 Å². The van der Waals surface area contributed by atoms with Crippen LogP contribution in [-0.4, -0.2) is 28.9 Å². The van der Waals surface area contributed by atoms with E-state index in [9.17, 15) is 9.59 Å². The SMILES string of the molecule is COc1ccc(NC(=O)Cn2nc(C)c3ccccc3c2=O)cc1OC1CCCC1. The Labute approximate surface area is 174 Å². The van der Waals surface area contributed by atoms with E-state index in [0.717, 1.165) is 31.1 Å². The lowest BCUT2D eigenvalue weighted by atomic mass is 10.1. The molecule has 30 heavy (non-hydrogen) atoms. The van der Waals surface area contributed by atoms with E-state index in [1.165, 1.54) is 4.68 Å². The Hall–Kier alpha value is -3.35. The van der Waals surface area contributed by atoms with Gasteiger partial charge in [-0.1, -0.05) is 18.2 Å². The normalized spacial score (nSPS) is 14.1. The van der Waals surface area contributed by atoms with E-state index in [-0.39, 0.29) is 24.1 Å². The van der Waals surface area contributed by atoms with Gasteiger partial charge < -0.3 is 14.8 Å². The third-order valence-corrected chi connectivity index (χ3v) is 5.39. The number of anilines is 1. The predicted molar refractivity (Wildman–Crippen MR) is 115 cm³/mol. The molecule has 1 saturated carbocycles. The van der Waals surface area contributed by atoms with Crippen molar-refractivity contribution in [1.29, 1.82) is 0 Å². The van der Waals surface area contributed by atoms with Crippen molar-refractivity contribution >= 4 is 22.4 Å². The van der Waals surface area contributed by atoms with Gasteiger partial charge in [0.05, 0.1) is 24.3 Å². The van der Waals surface area contributed by atoms with Crippen LogP contribution in [0.2, 0.25) is 0 Å². The van der Waals surface area contributed by atoms with Crippen molar-refractivity contribution in [2.75, 3.05) is 12.4 Å². The number of ether oxygens (including phenoxy) is 2. The average Bonchev–Trinajstić information content (AvgIpc) is 3.25. The maximum atomic E-state index is 12.7. The Morgan fingerprint density at radius 3 is 2.60 bits per heavy atom. The summed E-state index contributed by atoms with van der Waals surface area (Å²) in [4.78, 5) is 25.3. The highest BCUT2D eigenvalue weighted by Gasteiger charge is 2.19. The van der Waals surface area contributed by atoms with Crippen LogP contribution in [0.1, 0.15) is 31.4 Å². The summed E-state index contributed by atoms with van der Waals surface area (Å²) < 4.78 is 12.7. The number of aryl methyl sites for hydroxylation is 1. The number of hydrogen-bond acceptors (Lipinski definition) is 5. The van der Waals surface area contributed by atoms with Crippen LogP contribution in [0.3, 0.4) is 0 Å². The highest BCUT2D eigenvalue weighted by atomic mass is 16.5. The second-order valence-corrected chi connectivity index (χ2v) is 7.53. The molecule has 1 aliphatic carbocycles. The van der Waals surface area contributed by atoms with Crippen LogP contribution in [0.5, 0.6) is 11.5 Å². The Bertz CT molecular complexity index is 1130. The predicted octanol–water partition coefficient (Wildman–Crippen LogP) is 3.67. The molecule has 0 radical (unpaired) electrons. The fourth-order valence-corrected chi connectivity index (χ4v) is 3.88. The van der Waals surface area contributed by atoms with Crippen molar-refractivity contribution in [3.05, 3.63) is 58.5 Å². The molecule has 0 saturated heterocycles. The van der Waals surface area contributed by atoms with Gasteiger partial charge in [-0.2, -0.15) is 5.10 Å². The smallest absolute Gasteiger partial charge is 0.275 e. The first-order chi connectivity index (χ1) is 14.5. The van der Waals surface area contributed by atoms with Crippen molar-refractivity contribution in [1.82, 2.24) is 9.78 Å². The zero-order valence-corrected chi connectivity index (χ0v) is 17.2. The van der Waals surface area contributed by atoms with Gasteiger partial charge in [0, 0.05) is 17.1 Å². The number of carbonyl (C=O) groups is 1. The number of carbonyl (C=O) groups excluding carboxylic acids is 1. The van der Waals surface area contributed by atoms with Gasteiger partial charge in [0.15, 0.2) is 11.5 Å². The van der Waals surface area contributed by atoms with Gasteiger partial charge in [0.25, 0.3) is 5.56 Å². The standard InChI is InChI=1S/C23H25N3O4/c1-15-18-9-5-6-10-19(18)23(28)26(25-15)14-22(27)24-16-11-12-20(29-2)21(13-16)30-17-7-3-4-8-17/h5-6,9-13,17H,3-4,7-8,14H2,1-2H3,(H,24,27). The third-order valence-electron chi connectivity index (χ3n) is 5.39. The largest absolute Gasteiger partial charge is 0.493 e. The zero-order valence-electron chi connectivity index (χ0n) is 17.2. The minimum absolute atomic E-state index is 0.171. The lowest BCUT2D eigenvalue weighted by Gasteiger charge is -2.17. The number of nitrogens with one attached hydrogen (secondary N) is 1. The molecule has 1 fully saturated rings. The van der Waals surface area contributed by atoms with Crippen molar-refractivity contribution in [3.63, 3.8) is 0 Å². The molecular formula is C23H25N3O4. The molecule has 1 amide bonds. The molecule has 1 aliphatic rings. The second kappa shape index (κ2) is 8.57. The zero-order chi connectivity index (χ0) is 21.1. The number of nitrogens with zero attached hydrogens (tertiary/aromatic N) is 2. The summed E-state index contributed by atoms with van der Waals surface area (Å²) in [6.07, 6.45) is 4.55. The highest BCUT2D eigenvalue weighted by molar-refractivity contribution is 5.91. The molecular weight excluding hydrogens is 382 g/mol. The van der Waals surface area contributed by atoms with Crippen LogP contribution < -0.4 is 20.3 Å². The number of rotatable bonds is 6. The van der Waals surface area contributed by atoms with E-state index in [1.54, 1.807) is 37.4 Å². The van der Waals surface area contributed by atoms with Crippen molar-refractivity contribution < 1.29 is 14.3 Å². The lowest BCUT2D eigenvalue weighted by Crippen LogP contribution is -2.30. The van der Waals surface area contributed by atoms with E-state index in [2.05, 4.69) is 10.4 Å². The van der Waals surface area contributed by atoms with Crippen LogP contribution in [0, 0.1) is 6.92 Å². The van der Waals surface area contributed by atoms with Crippen LogP contribution in [-0.2, 0) is 11.3 Å². The molecule has 2 aromatic carbocycles. The molecule has 0 atom stereocenters. The summed E-state index contributed by atoms with van der Waals surface area (Å²) in [5.74, 6) is 0.901. The Balaban J connectivity index is 1.52. The summed E-state index contributed by atoms with van der Waals surface area (Å²) >= 11 is 0. The molecule has 1 aromatic heterocycles. The Morgan fingerprint density at radius 1 is 1.13 bits per heavy atom. The van der Waals surface area contributed by atoms with Crippen LogP contribution in [0.25, 0.3) is 10.8 Å². The number of fused-ring (bicyclic) bond motifs is 1. The molecule has 1 heterocycles. The maximum absolute atomic E-state index is 12.7. The van der Waals surface area contributed by atoms with Gasteiger partial charge in [0.1, 0.15) is 6.54 Å². The maximum Gasteiger partial charge on any atom is 0.275 e. The van der Waals surface area contributed by atoms with Crippen LogP contribution in [0.15, 0.2) is 47.3 Å². The van der Waals surface area contributed by atoms with E-state index in [4.69, 9.17) is 9.47 Å². The Kier molecular flexibility index (Phi) is 5.70. The van der Waals surface area contributed by atoms with Crippen molar-refractivity contribution in [2.24, 2.45) is 0 Å². The molecule has 0 unspecified atom stereocenters. The quantitative estimate of drug-likeness (QED) is 0.674. The molecule has 4 rings (SSSR count). The number of aromatic nitrogens is 2. The first-order valence-corrected chi connectivity index (χ1v) is 10.2. The topological polar surface area (TPSA) is 82.5 Å². The molecule has 0 spiro atoms. The first kappa shape index (κ1) is 19.9. The van der Waals surface area contributed by atoms with Crippen LogP contribution >= 0.6 is 0 Å². The monoisotopic (exact) mass is 407 g/mol. The Morgan fingerprint density at radius 2 is 1.87 bits per heavy atom. The minimum Gasteiger partial charge on any atom is -0.493 e. The lowest BCUT2D eigenvalue weighted by molar-refractivity contribution is -0.117. The summed E-state index contributed by atoms with van der Waals surface area (Å²) in [5.41, 5.74) is 1.00. The van der Waals surface area contributed by atoms with E-state index < -0.39 is 0 Å². The van der Waals surface area contributed by atoms with Crippen LogP contribution in [0.4, 0.5) is 5.69 Å². The van der Waals surface area contributed by atoms with Gasteiger partial charge in [-0.05, 0) is 50.8 Å². The van der Waals surface area contributed by atoms with E-state index >= 15 is 0 Å². The summed E-state index contributed by atoms with van der Waals surface area (Å²) in [5, 5.41) is 8.47. The fourth-order valence-electron chi connectivity index (χ4n) is 3.88. The van der Waals surface area contributed by atoms with Crippen molar-refractivity contribution in [2.45, 2.75) is 45.3 Å². The fraction of sp³-hybridized carbons (Fsp3) is 0.348. The second-order valence-electron chi connectivity index (χ2n) is 7.53. The number of benzene rings is 2. The first-order valence-electron chi connectivity index (χ1n) is 10.2. The molecule has 156 valence electrons. The molecule has 7 heteroatoms. The molecule has 1 N–H and O–H groups in total. The number of hydrogen-bond donors (Lipinski definition) is 1. The summed E-state index contributed by atoms with van der Waals surface area (Å²) in [6.45, 7) is 1.65. The molecule has 3 aromatic rings. The van der Waals surface area contributed by atoms with E-state index in [0.29, 0.717) is 28.3 Å². The molecule has 7 nitrogen and oxygen atoms in total. The number of amides is 1. The average molecular weight is 407 g/mol. The van der Waals surface area contributed by atoms with Gasteiger partial charge in [0.2, 0.25) is 5.91 Å². The minimum atomic E-state index is -0.337. The molecule has 0 aliphatic heterocycles.